The van der Waals surface area contributed by atoms with Crippen molar-refractivity contribution in [1.82, 2.24) is 15.1 Å². The van der Waals surface area contributed by atoms with Gasteiger partial charge in [0, 0.05) is 13.6 Å². The van der Waals surface area contributed by atoms with E-state index in [0.717, 1.165) is 21.3 Å². The molecule has 8 heteroatoms. The van der Waals surface area contributed by atoms with E-state index in [-0.39, 0.29) is 5.91 Å². The van der Waals surface area contributed by atoms with Gasteiger partial charge in [0.1, 0.15) is 5.01 Å². The minimum atomic E-state index is 0.0772. The Morgan fingerprint density at radius 2 is 2.00 bits per heavy atom. The molecule has 0 unspecified atom stereocenters. The van der Waals surface area contributed by atoms with Crippen LogP contribution in [0.3, 0.4) is 0 Å². The van der Waals surface area contributed by atoms with Gasteiger partial charge in [-0.1, -0.05) is 29.2 Å². The summed E-state index contributed by atoms with van der Waals surface area (Å²) in [5.41, 5.74) is 1.10. The molecule has 0 aliphatic carbocycles. The van der Waals surface area contributed by atoms with Crippen molar-refractivity contribution in [2.24, 2.45) is 0 Å². The molecule has 6 nitrogen and oxygen atoms in total. The number of thioether (sulfide) groups is 1. The second kappa shape index (κ2) is 8.89. The Hall–Kier alpha value is -1.80. The number of rotatable bonds is 8. The zero-order valence-corrected chi connectivity index (χ0v) is 15.9. The molecule has 0 atom stereocenters. The van der Waals surface area contributed by atoms with E-state index in [4.69, 9.17) is 9.47 Å². The smallest absolute Gasteiger partial charge is 0.232 e. The highest BCUT2D eigenvalue weighted by atomic mass is 32.2. The lowest BCUT2D eigenvalue weighted by molar-refractivity contribution is -0.127. The van der Waals surface area contributed by atoms with Crippen molar-refractivity contribution < 1.29 is 14.3 Å². The Morgan fingerprint density at radius 1 is 1.25 bits per heavy atom. The molecular weight excluding hydrogens is 346 g/mol. The van der Waals surface area contributed by atoms with E-state index in [1.54, 1.807) is 19.1 Å². The number of carbonyl (C=O) groups excluding carboxylic acids is 1. The third-order valence-electron chi connectivity index (χ3n) is 3.44. The van der Waals surface area contributed by atoms with E-state index in [0.29, 0.717) is 23.8 Å². The molecule has 1 amide bonds. The predicted octanol–water partition coefficient (Wildman–Crippen LogP) is 2.66. The van der Waals surface area contributed by atoms with Crippen LogP contribution in [0.2, 0.25) is 0 Å². The minimum Gasteiger partial charge on any atom is -0.493 e. The van der Waals surface area contributed by atoms with Gasteiger partial charge in [0.25, 0.3) is 0 Å². The second-order valence-corrected chi connectivity index (χ2v) is 7.53. The molecule has 1 heterocycles. The van der Waals surface area contributed by atoms with Gasteiger partial charge >= 0.3 is 0 Å². The summed E-state index contributed by atoms with van der Waals surface area (Å²) >= 11 is 2.93. The number of methoxy groups -OCH3 is 2. The molecule has 1 aromatic heterocycles. The molecule has 1 aromatic carbocycles. The molecule has 0 aliphatic heterocycles. The SMILES string of the molecule is COc1ccc(CCN(C)C(=O)CSc2nnc(C)s2)cc1OC. The van der Waals surface area contributed by atoms with E-state index in [2.05, 4.69) is 10.2 Å². The van der Waals surface area contributed by atoms with Crippen molar-refractivity contribution in [2.45, 2.75) is 17.7 Å². The molecule has 0 radical (unpaired) electrons. The molecule has 0 fully saturated rings. The summed E-state index contributed by atoms with van der Waals surface area (Å²) in [6.07, 6.45) is 0.755. The van der Waals surface area contributed by atoms with Gasteiger partial charge in [0.05, 0.1) is 20.0 Å². The third kappa shape index (κ3) is 5.10. The molecule has 24 heavy (non-hydrogen) atoms. The second-order valence-electron chi connectivity index (χ2n) is 5.13. The van der Waals surface area contributed by atoms with Gasteiger partial charge in [-0.25, -0.2) is 0 Å². The standard InChI is InChI=1S/C16H21N3O3S2/c1-11-17-18-16(24-11)23-10-15(20)19(2)8-7-12-5-6-13(21-3)14(9-12)22-4/h5-6,9H,7-8,10H2,1-4H3. The van der Waals surface area contributed by atoms with Crippen LogP contribution < -0.4 is 9.47 Å². The topological polar surface area (TPSA) is 64.5 Å². The summed E-state index contributed by atoms with van der Waals surface area (Å²) < 4.78 is 11.4. The third-order valence-corrected chi connectivity index (χ3v) is 5.39. The summed E-state index contributed by atoms with van der Waals surface area (Å²) in [5, 5.41) is 8.87. The van der Waals surface area contributed by atoms with Crippen LogP contribution in [0, 0.1) is 6.92 Å². The maximum atomic E-state index is 12.2. The number of hydrogen-bond acceptors (Lipinski definition) is 7. The molecular formula is C16H21N3O3S2. The van der Waals surface area contributed by atoms with Gasteiger partial charge in [0.2, 0.25) is 5.91 Å². The van der Waals surface area contributed by atoms with Crippen LogP contribution in [0.5, 0.6) is 11.5 Å². The molecule has 2 rings (SSSR count). The van der Waals surface area contributed by atoms with Crippen molar-refractivity contribution in [2.75, 3.05) is 33.6 Å². The van der Waals surface area contributed by atoms with Gasteiger partial charge in [0.15, 0.2) is 15.8 Å². The summed E-state index contributed by atoms with van der Waals surface area (Å²) in [5.74, 6) is 1.85. The Morgan fingerprint density at radius 3 is 2.62 bits per heavy atom. The number of hydrogen-bond donors (Lipinski definition) is 0. The Bertz CT molecular complexity index is 691. The van der Waals surface area contributed by atoms with Crippen molar-refractivity contribution in [3.05, 3.63) is 28.8 Å². The first-order valence-corrected chi connectivity index (χ1v) is 9.21. The lowest BCUT2D eigenvalue weighted by Crippen LogP contribution is -2.30. The number of amides is 1. The Balaban J connectivity index is 1.83. The van der Waals surface area contributed by atoms with E-state index in [1.807, 2.05) is 32.2 Å². The average Bonchev–Trinajstić information content (AvgIpc) is 3.02. The predicted molar refractivity (Wildman–Crippen MR) is 96.3 cm³/mol. The highest BCUT2D eigenvalue weighted by Gasteiger charge is 2.12. The van der Waals surface area contributed by atoms with Crippen molar-refractivity contribution in [3.63, 3.8) is 0 Å². The van der Waals surface area contributed by atoms with E-state index < -0.39 is 0 Å². The van der Waals surface area contributed by atoms with Crippen LogP contribution >= 0.6 is 23.1 Å². The average molecular weight is 367 g/mol. The fraction of sp³-hybridized carbons (Fsp3) is 0.438. The first-order valence-electron chi connectivity index (χ1n) is 7.41. The van der Waals surface area contributed by atoms with Crippen molar-refractivity contribution >= 4 is 29.0 Å². The molecule has 0 bridgehead atoms. The highest BCUT2D eigenvalue weighted by Crippen LogP contribution is 2.27. The molecule has 0 saturated heterocycles. The van der Waals surface area contributed by atoms with Crippen LogP contribution in [0.4, 0.5) is 0 Å². The van der Waals surface area contributed by atoms with E-state index in [1.165, 1.54) is 23.1 Å². The number of ether oxygens (including phenoxy) is 2. The molecule has 0 spiro atoms. The number of benzene rings is 1. The summed E-state index contributed by atoms with van der Waals surface area (Å²) in [6, 6.07) is 5.80. The summed E-state index contributed by atoms with van der Waals surface area (Å²) in [6.45, 7) is 2.54. The molecule has 2 aromatic rings. The molecule has 0 N–H and O–H groups in total. The summed E-state index contributed by atoms with van der Waals surface area (Å²) in [4.78, 5) is 13.9. The number of carbonyl (C=O) groups is 1. The number of aromatic nitrogens is 2. The fourth-order valence-corrected chi connectivity index (χ4v) is 3.78. The van der Waals surface area contributed by atoms with Crippen LogP contribution in [-0.4, -0.2) is 54.6 Å². The van der Waals surface area contributed by atoms with E-state index in [9.17, 15) is 4.79 Å². The highest BCUT2D eigenvalue weighted by molar-refractivity contribution is 8.01. The maximum Gasteiger partial charge on any atom is 0.232 e. The van der Waals surface area contributed by atoms with Gasteiger partial charge < -0.3 is 14.4 Å². The van der Waals surface area contributed by atoms with E-state index >= 15 is 0 Å². The molecule has 0 saturated carbocycles. The monoisotopic (exact) mass is 367 g/mol. The van der Waals surface area contributed by atoms with Gasteiger partial charge in [-0.2, -0.15) is 0 Å². The van der Waals surface area contributed by atoms with Crippen LogP contribution in [0.15, 0.2) is 22.5 Å². The lowest BCUT2D eigenvalue weighted by atomic mass is 10.1. The number of aryl methyl sites for hydroxylation is 1. The van der Waals surface area contributed by atoms with Crippen molar-refractivity contribution in [3.8, 4) is 11.5 Å². The van der Waals surface area contributed by atoms with Gasteiger partial charge in [-0.15, -0.1) is 10.2 Å². The molecule has 130 valence electrons. The zero-order chi connectivity index (χ0) is 17.5. The summed E-state index contributed by atoms with van der Waals surface area (Å²) in [7, 11) is 5.04. The maximum absolute atomic E-state index is 12.2. The normalized spacial score (nSPS) is 10.5. The minimum absolute atomic E-state index is 0.0772. The van der Waals surface area contributed by atoms with Crippen LogP contribution in [-0.2, 0) is 11.2 Å². The Labute approximate surface area is 150 Å². The largest absolute Gasteiger partial charge is 0.493 e. The lowest BCUT2D eigenvalue weighted by Gasteiger charge is -2.17. The van der Waals surface area contributed by atoms with Gasteiger partial charge in [-0.3, -0.25) is 4.79 Å². The molecule has 0 aliphatic rings. The zero-order valence-electron chi connectivity index (χ0n) is 14.2. The van der Waals surface area contributed by atoms with Crippen molar-refractivity contribution in [1.29, 1.82) is 0 Å². The van der Waals surface area contributed by atoms with Crippen LogP contribution in [0.1, 0.15) is 10.6 Å². The van der Waals surface area contributed by atoms with Crippen LogP contribution in [0.25, 0.3) is 0 Å². The van der Waals surface area contributed by atoms with Gasteiger partial charge in [-0.05, 0) is 31.0 Å². The fourth-order valence-electron chi connectivity index (χ4n) is 2.03. The first-order chi connectivity index (χ1) is 11.5. The Kier molecular flexibility index (Phi) is 6.86. The first kappa shape index (κ1) is 18.5. The quantitative estimate of drug-likeness (QED) is 0.669. The number of likely N-dealkylation sites (N-methyl/N-ethyl adjacent to an activating group) is 1. The number of nitrogens with zero attached hydrogens (tertiary/aromatic N) is 3.